The quantitative estimate of drug-likeness (QED) is 0.835. The average molecular weight is 303 g/mol. The van der Waals surface area contributed by atoms with Gasteiger partial charge in [0.15, 0.2) is 17.3 Å². The number of nitrogens with zero attached hydrogens (tertiary/aromatic N) is 1. The Morgan fingerprint density at radius 3 is 2.73 bits per heavy atom. The maximum Gasteiger partial charge on any atom is 0.343 e. The van der Waals surface area contributed by atoms with Crippen molar-refractivity contribution in [2.75, 3.05) is 13.7 Å². The molecule has 1 heterocycles. The Bertz CT molecular complexity index is 700. The number of hydrogen-bond acceptors (Lipinski definition) is 6. The second kappa shape index (κ2) is 6.34. The lowest BCUT2D eigenvalue weighted by Gasteiger charge is -2.06. The van der Waals surface area contributed by atoms with Crippen molar-refractivity contribution in [3.8, 4) is 11.5 Å². The summed E-state index contributed by atoms with van der Waals surface area (Å²) >= 11 is 0. The van der Waals surface area contributed by atoms with Crippen molar-refractivity contribution in [1.29, 1.82) is 0 Å². The van der Waals surface area contributed by atoms with Crippen molar-refractivity contribution in [2.24, 2.45) is 4.99 Å². The number of phenolic OH excluding ortho intramolecular Hbond substituents is 1. The van der Waals surface area contributed by atoms with Crippen LogP contribution in [0.2, 0.25) is 0 Å². The molecule has 2 N–H and O–H groups in total. The van der Waals surface area contributed by atoms with E-state index >= 15 is 0 Å². The first-order valence-electron chi connectivity index (χ1n) is 6.73. The maximum atomic E-state index is 11.8. The van der Waals surface area contributed by atoms with E-state index in [4.69, 9.17) is 9.47 Å². The summed E-state index contributed by atoms with van der Waals surface area (Å²) in [6, 6.07) is 4.95. The second-order valence-corrected chi connectivity index (χ2v) is 4.57. The zero-order valence-corrected chi connectivity index (χ0v) is 12.6. The number of phenols is 1. The molecule has 0 radical (unpaired) electrons. The Kier molecular flexibility index (Phi) is 4.50. The number of carbonyl (C=O) groups is 1. The fraction of sp³-hybridized carbons (Fsp3) is 0.250. The van der Waals surface area contributed by atoms with Crippen molar-refractivity contribution in [1.82, 2.24) is 0 Å². The van der Waals surface area contributed by atoms with Crippen LogP contribution in [0.3, 0.4) is 0 Å². The minimum Gasteiger partial charge on any atom is -0.505 e. The molecule has 0 amide bonds. The highest BCUT2D eigenvalue weighted by Gasteiger charge is 2.27. The molecule has 0 fully saturated rings. The van der Waals surface area contributed by atoms with E-state index in [1.165, 1.54) is 13.2 Å². The zero-order chi connectivity index (χ0) is 16.3. The van der Waals surface area contributed by atoms with Gasteiger partial charge >= 0.3 is 5.97 Å². The van der Waals surface area contributed by atoms with Crippen LogP contribution < -0.4 is 4.74 Å². The number of benzene rings is 1. The van der Waals surface area contributed by atoms with Crippen molar-refractivity contribution in [3.63, 3.8) is 0 Å². The highest BCUT2D eigenvalue weighted by Crippen LogP contribution is 2.33. The largest absolute Gasteiger partial charge is 0.505 e. The fourth-order valence-corrected chi connectivity index (χ4v) is 2.11. The standard InChI is InChI=1S/C16H17NO5/c1-4-22-16(20)13-9(2)17-11(15(13)19)8-10-6-5-7-12(21-3)14(10)18/h5-8,18-19H,4H2,1-3H3/b11-8-. The molecular weight excluding hydrogens is 286 g/mol. The molecule has 1 aromatic rings. The molecule has 0 saturated heterocycles. The predicted octanol–water partition coefficient (Wildman–Crippen LogP) is 2.59. The van der Waals surface area contributed by atoms with Crippen LogP contribution in [0, 0.1) is 0 Å². The third kappa shape index (κ3) is 2.81. The Labute approximate surface area is 128 Å². The molecule has 1 aliphatic rings. The molecule has 0 saturated carbocycles. The first-order chi connectivity index (χ1) is 10.5. The number of carbonyl (C=O) groups excluding carboxylic acids is 1. The minimum atomic E-state index is -0.625. The summed E-state index contributed by atoms with van der Waals surface area (Å²) in [7, 11) is 1.44. The van der Waals surface area contributed by atoms with E-state index in [1.54, 1.807) is 32.0 Å². The van der Waals surface area contributed by atoms with E-state index in [1.807, 2.05) is 0 Å². The number of aliphatic imine (C=N–C) groups is 1. The first-order valence-corrected chi connectivity index (χ1v) is 6.73. The smallest absolute Gasteiger partial charge is 0.343 e. The Morgan fingerprint density at radius 2 is 2.09 bits per heavy atom. The fourth-order valence-electron chi connectivity index (χ4n) is 2.11. The Hall–Kier alpha value is -2.76. The van der Waals surface area contributed by atoms with E-state index in [2.05, 4.69) is 4.99 Å². The summed E-state index contributed by atoms with van der Waals surface area (Å²) in [6.45, 7) is 3.50. The van der Waals surface area contributed by atoms with Crippen LogP contribution in [-0.4, -0.2) is 35.6 Å². The third-order valence-corrected chi connectivity index (χ3v) is 3.15. The number of aliphatic hydroxyl groups is 1. The van der Waals surface area contributed by atoms with Gasteiger partial charge in [0.1, 0.15) is 11.3 Å². The molecule has 2 rings (SSSR count). The molecule has 116 valence electrons. The van der Waals surface area contributed by atoms with E-state index in [0.29, 0.717) is 17.0 Å². The lowest BCUT2D eigenvalue weighted by Crippen LogP contribution is -2.13. The summed E-state index contributed by atoms with van der Waals surface area (Å²) in [5, 5.41) is 20.2. The van der Waals surface area contributed by atoms with Crippen molar-refractivity contribution in [3.05, 3.63) is 40.8 Å². The molecule has 6 nitrogen and oxygen atoms in total. The van der Waals surface area contributed by atoms with E-state index in [9.17, 15) is 15.0 Å². The molecule has 0 atom stereocenters. The number of para-hydroxylation sites is 1. The predicted molar refractivity (Wildman–Crippen MR) is 82.0 cm³/mol. The van der Waals surface area contributed by atoms with Crippen molar-refractivity contribution in [2.45, 2.75) is 13.8 Å². The number of ether oxygens (including phenoxy) is 2. The molecule has 0 unspecified atom stereocenters. The molecule has 0 spiro atoms. The summed E-state index contributed by atoms with van der Waals surface area (Å²) in [6.07, 6.45) is 1.48. The molecule has 22 heavy (non-hydrogen) atoms. The minimum absolute atomic E-state index is 0.0375. The monoisotopic (exact) mass is 303 g/mol. The van der Waals surface area contributed by atoms with Crippen LogP contribution >= 0.6 is 0 Å². The number of hydrogen-bond donors (Lipinski definition) is 2. The molecular formula is C16H17NO5. The van der Waals surface area contributed by atoms with Crippen LogP contribution in [0.25, 0.3) is 6.08 Å². The number of aliphatic hydroxyl groups excluding tert-OH is 1. The van der Waals surface area contributed by atoms with Crippen molar-refractivity contribution >= 4 is 17.8 Å². The van der Waals surface area contributed by atoms with Gasteiger partial charge in [-0.25, -0.2) is 9.79 Å². The van der Waals surface area contributed by atoms with Gasteiger partial charge in [0.2, 0.25) is 0 Å². The van der Waals surface area contributed by atoms with Gasteiger partial charge in [-0.3, -0.25) is 0 Å². The van der Waals surface area contributed by atoms with Crippen LogP contribution in [0.15, 0.2) is 40.2 Å². The zero-order valence-electron chi connectivity index (χ0n) is 12.6. The van der Waals surface area contributed by atoms with E-state index in [0.717, 1.165) is 0 Å². The third-order valence-electron chi connectivity index (χ3n) is 3.15. The number of rotatable bonds is 4. The summed E-state index contributed by atoms with van der Waals surface area (Å²) in [5.74, 6) is -0.650. The number of methoxy groups -OCH3 is 1. The lowest BCUT2D eigenvalue weighted by molar-refractivity contribution is -0.138. The van der Waals surface area contributed by atoms with Gasteiger partial charge in [-0.1, -0.05) is 12.1 Å². The average Bonchev–Trinajstić information content (AvgIpc) is 2.76. The van der Waals surface area contributed by atoms with Crippen LogP contribution in [-0.2, 0) is 9.53 Å². The Balaban J connectivity index is 2.44. The van der Waals surface area contributed by atoms with Gasteiger partial charge in [-0.05, 0) is 26.0 Å². The van der Waals surface area contributed by atoms with Gasteiger partial charge in [-0.2, -0.15) is 0 Å². The summed E-state index contributed by atoms with van der Waals surface area (Å²) in [4.78, 5) is 16.0. The molecule has 1 aliphatic heterocycles. The normalized spacial score (nSPS) is 16.0. The van der Waals surface area contributed by atoms with E-state index < -0.39 is 5.97 Å². The number of aromatic hydroxyl groups is 1. The molecule has 0 aromatic heterocycles. The molecule has 0 aliphatic carbocycles. The number of esters is 1. The second-order valence-electron chi connectivity index (χ2n) is 4.57. The first kappa shape index (κ1) is 15.6. The summed E-state index contributed by atoms with van der Waals surface area (Å²) in [5.41, 5.74) is 1.01. The molecule has 1 aromatic carbocycles. The van der Waals surface area contributed by atoms with Gasteiger partial charge in [0.05, 0.1) is 19.4 Å². The molecule has 0 bridgehead atoms. The highest BCUT2D eigenvalue weighted by atomic mass is 16.5. The molecule has 6 heteroatoms. The van der Waals surface area contributed by atoms with Gasteiger partial charge in [0.25, 0.3) is 0 Å². The lowest BCUT2D eigenvalue weighted by atomic mass is 10.1. The van der Waals surface area contributed by atoms with Crippen LogP contribution in [0.1, 0.15) is 19.4 Å². The Morgan fingerprint density at radius 1 is 1.36 bits per heavy atom. The maximum absolute atomic E-state index is 11.8. The van der Waals surface area contributed by atoms with Gasteiger partial charge < -0.3 is 19.7 Å². The van der Waals surface area contributed by atoms with Crippen LogP contribution in [0.4, 0.5) is 0 Å². The van der Waals surface area contributed by atoms with E-state index in [-0.39, 0.29) is 29.4 Å². The summed E-state index contributed by atoms with van der Waals surface area (Å²) < 4.78 is 9.92. The van der Waals surface area contributed by atoms with Crippen molar-refractivity contribution < 1.29 is 24.5 Å². The van der Waals surface area contributed by atoms with Gasteiger partial charge in [0, 0.05) is 5.56 Å². The topological polar surface area (TPSA) is 88.4 Å². The van der Waals surface area contributed by atoms with Crippen LogP contribution in [0.5, 0.6) is 11.5 Å². The SMILES string of the molecule is CCOC(=O)C1=C(O)/C(=C/c2cccc(OC)c2O)N=C1C. The van der Waals surface area contributed by atoms with Gasteiger partial charge in [-0.15, -0.1) is 0 Å². The highest BCUT2D eigenvalue weighted by molar-refractivity contribution is 6.22.